The summed E-state index contributed by atoms with van der Waals surface area (Å²) in [5, 5.41) is 0. The predicted molar refractivity (Wildman–Crippen MR) is 112 cm³/mol. The number of carbonyl (C=O) groups excluding carboxylic acids is 1. The van der Waals surface area contributed by atoms with Gasteiger partial charge in [0, 0.05) is 38.8 Å². The molecule has 8 nitrogen and oxygen atoms in total. The Labute approximate surface area is 178 Å². The van der Waals surface area contributed by atoms with Crippen LogP contribution in [0.25, 0.3) is 0 Å². The highest BCUT2D eigenvalue weighted by Gasteiger charge is 2.46. The molecule has 3 aliphatic rings. The third kappa shape index (κ3) is 4.36. The van der Waals surface area contributed by atoms with E-state index in [0.29, 0.717) is 13.2 Å². The minimum Gasteiger partial charge on any atom is -0.454 e. The van der Waals surface area contributed by atoms with E-state index in [1.54, 1.807) is 4.90 Å². The lowest BCUT2D eigenvalue weighted by molar-refractivity contribution is -0.168. The summed E-state index contributed by atoms with van der Waals surface area (Å²) in [5.41, 5.74) is 1.21. The van der Waals surface area contributed by atoms with E-state index in [2.05, 4.69) is 23.8 Å². The van der Waals surface area contributed by atoms with Crippen molar-refractivity contribution in [3.8, 4) is 11.5 Å². The van der Waals surface area contributed by atoms with Gasteiger partial charge < -0.3 is 28.7 Å². The Morgan fingerprint density at radius 2 is 2.07 bits per heavy atom. The molecule has 0 aliphatic carbocycles. The maximum absolute atomic E-state index is 12.7. The second kappa shape index (κ2) is 8.99. The summed E-state index contributed by atoms with van der Waals surface area (Å²) in [6.07, 6.45) is 0.483. The summed E-state index contributed by atoms with van der Waals surface area (Å²) in [7, 11) is 2.15. The van der Waals surface area contributed by atoms with Crippen LogP contribution in [0.15, 0.2) is 18.2 Å². The van der Waals surface area contributed by atoms with Gasteiger partial charge in [-0.1, -0.05) is 6.07 Å². The fourth-order valence-corrected chi connectivity index (χ4v) is 4.64. The van der Waals surface area contributed by atoms with Crippen molar-refractivity contribution in [2.24, 2.45) is 0 Å². The summed E-state index contributed by atoms with van der Waals surface area (Å²) < 4.78 is 22.0. The smallest absolute Gasteiger partial charge is 0.410 e. The van der Waals surface area contributed by atoms with E-state index >= 15 is 0 Å². The second-order valence-corrected chi connectivity index (χ2v) is 8.58. The van der Waals surface area contributed by atoms with Crippen molar-refractivity contribution in [3.05, 3.63) is 23.8 Å². The third-order valence-electron chi connectivity index (χ3n) is 6.39. The van der Waals surface area contributed by atoms with Gasteiger partial charge >= 0.3 is 6.09 Å². The third-order valence-corrected chi connectivity index (χ3v) is 6.39. The normalized spacial score (nSPS) is 21.3. The van der Waals surface area contributed by atoms with Gasteiger partial charge in [-0.25, -0.2) is 4.79 Å². The Bertz CT molecular complexity index is 754. The molecule has 0 N–H and O–H groups in total. The minimum absolute atomic E-state index is 0.0258. The van der Waals surface area contributed by atoms with Crippen LogP contribution in [0.3, 0.4) is 0 Å². The number of amides is 1. The lowest BCUT2D eigenvalue weighted by Gasteiger charge is -2.54. The zero-order valence-electron chi connectivity index (χ0n) is 18.3. The summed E-state index contributed by atoms with van der Waals surface area (Å²) in [4.78, 5) is 19.3. The van der Waals surface area contributed by atoms with Crippen molar-refractivity contribution >= 4 is 6.09 Å². The molecule has 0 aromatic heterocycles. The van der Waals surface area contributed by atoms with Crippen LogP contribution < -0.4 is 9.47 Å². The molecular weight excluding hydrogens is 386 g/mol. The Morgan fingerprint density at radius 3 is 2.80 bits per heavy atom. The highest BCUT2D eigenvalue weighted by Crippen LogP contribution is 2.33. The van der Waals surface area contributed by atoms with E-state index < -0.39 is 0 Å². The zero-order chi connectivity index (χ0) is 21.1. The van der Waals surface area contributed by atoms with Gasteiger partial charge in [0.25, 0.3) is 0 Å². The summed E-state index contributed by atoms with van der Waals surface area (Å²) in [5.74, 6) is 1.54. The first-order valence-electron chi connectivity index (χ1n) is 10.8. The summed E-state index contributed by atoms with van der Waals surface area (Å²) >= 11 is 0. The van der Waals surface area contributed by atoms with Gasteiger partial charge in [0.15, 0.2) is 11.5 Å². The Balaban J connectivity index is 1.27. The summed E-state index contributed by atoms with van der Waals surface area (Å²) in [6.45, 7) is 10.6. The molecule has 4 rings (SSSR count). The van der Waals surface area contributed by atoms with E-state index in [-0.39, 0.29) is 24.5 Å². The standard InChI is InChI=1S/C22H33N3O5/c1-4-25(17(2)11-18-5-6-19-20(12-18)30-16-29-19)21(26)28-10-9-24-8-7-23(3)13-22(24)14-27-15-22/h5-6,12,17H,4,7-11,13-16H2,1-3H3/t17-/m0/s1. The number of hydrogen-bond donors (Lipinski definition) is 0. The van der Waals surface area contributed by atoms with E-state index in [9.17, 15) is 4.79 Å². The molecule has 30 heavy (non-hydrogen) atoms. The molecule has 0 radical (unpaired) electrons. The van der Waals surface area contributed by atoms with E-state index in [1.165, 1.54) is 0 Å². The average molecular weight is 420 g/mol. The Morgan fingerprint density at radius 1 is 1.27 bits per heavy atom. The largest absolute Gasteiger partial charge is 0.454 e. The number of carbonyl (C=O) groups is 1. The number of fused-ring (bicyclic) bond motifs is 1. The minimum atomic E-state index is -0.251. The molecule has 166 valence electrons. The van der Waals surface area contributed by atoms with Crippen molar-refractivity contribution in [1.82, 2.24) is 14.7 Å². The topological polar surface area (TPSA) is 63.7 Å². The van der Waals surface area contributed by atoms with E-state index in [1.807, 2.05) is 25.1 Å². The highest BCUT2D eigenvalue weighted by atomic mass is 16.7. The molecule has 1 aromatic rings. The predicted octanol–water partition coefficient (Wildman–Crippen LogP) is 1.82. The number of hydrogen-bond acceptors (Lipinski definition) is 7. The van der Waals surface area contributed by atoms with Crippen LogP contribution in [0.4, 0.5) is 4.79 Å². The van der Waals surface area contributed by atoms with Crippen molar-refractivity contribution in [1.29, 1.82) is 0 Å². The molecule has 1 spiro atoms. The maximum Gasteiger partial charge on any atom is 0.410 e. The molecule has 0 saturated carbocycles. The van der Waals surface area contributed by atoms with Crippen LogP contribution in [0, 0.1) is 0 Å². The van der Waals surface area contributed by atoms with Crippen LogP contribution in [0.1, 0.15) is 19.4 Å². The van der Waals surface area contributed by atoms with E-state index in [4.69, 9.17) is 18.9 Å². The molecule has 1 atom stereocenters. The quantitative estimate of drug-likeness (QED) is 0.668. The van der Waals surface area contributed by atoms with Crippen LogP contribution in [0.5, 0.6) is 11.5 Å². The number of piperazine rings is 1. The molecule has 0 unspecified atom stereocenters. The van der Waals surface area contributed by atoms with Gasteiger partial charge in [-0.3, -0.25) is 4.90 Å². The lowest BCUT2D eigenvalue weighted by atomic mass is 9.92. The molecule has 8 heteroatoms. The fraction of sp³-hybridized carbons (Fsp3) is 0.682. The van der Waals surface area contributed by atoms with Crippen molar-refractivity contribution in [3.63, 3.8) is 0 Å². The molecule has 1 amide bonds. The number of nitrogens with zero attached hydrogens (tertiary/aromatic N) is 3. The van der Waals surface area contributed by atoms with Gasteiger partial charge in [-0.05, 0) is 45.0 Å². The number of benzene rings is 1. The van der Waals surface area contributed by atoms with Crippen LogP contribution in [-0.2, 0) is 15.9 Å². The van der Waals surface area contributed by atoms with Gasteiger partial charge in [-0.15, -0.1) is 0 Å². The molecule has 3 aliphatic heterocycles. The second-order valence-electron chi connectivity index (χ2n) is 8.58. The Kier molecular flexibility index (Phi) is 6.36. The first kappa shape index (κ1) is 21.2. The lowest BCUT2D eigenvalue weighted by Crippen LogP contribution is -2.71. The molecule has 0 bridgehead atoms. The SMILES string of the molecule is CCN(C(=O)OCCN1CCN(C)CC12COC2)[C@@H](C)Cc1ccc2c(c1)OCO2. The number of likely N-dealkylation sites (N-methyl/N-ethyl adjacent to an activating group) is 2. The van der Waals surface area contributed by atoms with E-state index in [0.717, 1.165) is 62.9 Å². The van der Waals surface area contributed by atoms with Crippen LogP contribution in [-0.4, -0.2) is 98.8 Å². The first-order valence-corrected chi connectivity index (χ1v) is 10.8. The fourth-order valence-electron chi connectivity index (χ4n) is 4.64. The molecular formula is C22H33N3O5. The van der Waals surface area contributed by atoms with Crippen LogP contribution in [0.2, 0.25) is 0 Å². The highest BCUT2D eigenvalue weighted by molar-refractivity contribution is 5.68. The van der Waals surface area contributed by atoms with Crippen LogP contribution >= 0.6 is 0 Å². The average Bonchev–Trinajstić information content (AvgIpc) is 3.16. The molecule has 2 fully saturated rings. The molecule has 1 aromatic carbocycles. The molecule has 3 heterocycles. The zero-order valence-corrected chi connectivity index (χ0v) is 18.3. The number of rotatable bonds is 7. The van der Waals surface area contributed by atoms with Gasteiger partial charge in [0.2, 0.25) is 6.79 Å². The monoisotopic (exact) mass is 419 g/mol. The van der Waals surface area contributed by atoms with Gasteiger partial charge in [0.1, 0.15) is 6.61 Å². The van der Waals surface area contributed by atoms with Crippen molar-refractivity contribution < 1.29 is 23.7 Å². The maximum atomic E-state index is 12.7. The Hall–Kier alpha value is -2.03. The summed E-state index contributed by atoms with van der Waals surface area (Å²) in [6, 6.07) is 5.97. The first-order chi connectivity index (χ1) is 14.5. The van der Waals surface area contributed by atoms with Gasteiger partial charge in [-0.2, -0.15) is 0 Å². The van der Waals surface area contributed by atoms with Crippen molar-refractivity contribution in [2.45, 2.75) is 31.8 Å². The molecule has 2 saturated heterocycles. The van der Waals surface area contributed by atoms with Crippen molar-refractivity contribution in [2.75, 3.05) is 66.4 Å². The number of ether oxygens (including phenoxy) is 4. The van der Waals surface area contributed by atoms with Gasteiger partial charge in [0.05, 0.1) is 18.8 Å².